The van der Waals surface area contributed by atoms with Crippen LogP contribution in [0, 0.1) is 5.41 Å². The van der Waals surface area contributed by atoms with E-state index >= 15 is 0 Å². The van der Waals surface area contributed by atoms with Gasteiger partial charge in [-0.3, -0.25) is 4.99 Å². The molecule has 0 aliphatic heterocycles. The van der Waals surface area contributed by atoms with Gasteiger partial charge in [0.25, 0.3) is 0 Å². The molecule has 0 aromatic rings. The van der Waals surface area contributed by atoms with Crippen LogP contribution in [0.15, 0.2) is 4.99 Å². The maximum Gasteiger partial charge on any atom is 0.0905 e. The lowest BCUT2D eigenvalue weighted by Gasteiger charge is -2.03. The molecule has 0 bridgehead atoms. The smallest absolute Gasteiger partial charge is 0.0905 e. The van der Waals surface area contributed by atoms with Crippen LogP contribution in [0.4, 0.5) is 0 Å². The molecule has 0 heterocycles. The Labute approximate surface area is 62.5 Å². The Hall–Kier alpha value is -0.530. The first-order valence-electron chi connectivity index (χ1n) is 3.89. The van der Waals surface area contributed by atoms with Crippen LogP contribution in [0.2, 0.25) is 0 Å². The van der Waals surface area contributed by atoms with Crippen molar-refractivity contribution in [3.05, 3.63) is 0 Å². The van der Waals surface area contributed by atoms with Crippen molar-refractivity contribution >= 4 is 5.84 Å². The van der Waals surface area contributed by atoms with Crippen LogP contribution in [0.3, 0.4) is 0 Å². The van der Waals surface area contributed by atoms with Crippen LogP contribution < -0.4 is 5.73 Å². The van der Waals surface area contributed by atoms with Crippen molar-refractivity contribution in [1.29, 1.82) is 0 Å². The average molecular weight is 140 g/mol. The Morgan fingerprint density at radius 2 is 2.20 bits per heavy atom. The Morgan fingerprint density at radius 1 is 1.60 bits per heavy atom. The summed E-state index contributed by atoms with van der Waals surface area (Å²) in [5.41, 5.74) is 6.02. The minimum atomic E-state index is 0.624. The molecule has 2 nitrogen and oxygen atoms in total. The van der Waals surface area contributed by atoms with Crippen molar-refractivity contribution in [2.75, 3.05) is 6.54 Å². The van der Waals surface area contributed by atoms with Crippen LogP contribution in [0.25, 0.3) is 0 Å². The monoisotopic (exact) mass is 140 g/mol. The molecule has 0 aromatic carbocycles. The quantitative estimate of drug-likeness (QED) is 0.469. The highest BCUT2D eigenvalue weighted by atomic mass is 14.8. The van der Waals surface area contributed by atoms with E-state index in [2.05, 4.69) is 11.9 Å². The van der Waals surface area contributed by atoms with Gasteiger partial charge in [0.2, 0.25) is 0 Å². The normalized spacial score (nSPS) is 22.8. The van der Waals surface area contributed by atoms with E-state index in [1.807, 2.05) is 6.92 Å². The molecule has 0 saturated heterocycles. The fraction of sp³-hybridized carbons (Fsp3) is 0.875. The maximum absolute atomic E-state index is 5.39. The fourth-order valence-electron chi connectivity index (χ4n) is 0.966. The highest BCUT2D eigenvalue weighted by molar-refractivity contribution is 5.77. The number of hydrogen-bond acceptors (Lipinski definition) is 1. The van der Waals surface area contributed by atoms with Crippen molar-refractivity contribution in [1.82, 2.24) is 0 Å². The summed E-state index contributed by atoms with van der Waals surface area (Å²) < 4.78 is 0. The maximum atomic E-state index is 5.39. The van der Waals surface area contributed by atoms with E-state index in [9.17, 15) is 0 Å². The molecule has 1 fully saturated rings. The average Bonchev–Trinajstić information content (AvgIpc) is 2.47. The van der Waals surface area contributed by atoms with Gasteiger partial charge in [-0.25, -0.2) is 0 Å². The van der Waals surface area contributed by atoms with Gasteiger partial charge in [0.05, 0.1) is 5.84 Å². The van der Waals surface area contributed by atoms with E-state index in [-0.39, 0.29) is 0 Å². The summed E-state index contributed by atoms with van der Waals surface area (Å²) in [7, 11) is 0. The minimum absolute atomic E-state index is 0.624. The Morgan fingerprint density at radius 3 is 2.60 bits per heavy atom. The summed E-state index contributed by atoms with van der Waals surface area (Å²) in [4.78, 5) is 4.14. The van der Waals surface area contributed by atoms with Gasteiger partial charge in [0.1, 0.15) is 0 Å². The fourth-order valence-corrected chi connectivity index (χ4v) is 0.966. The third kappa shape index (κ3) is 2.38. The van der Waals surface area contributed by atoms with Gasteiger partial charge in [-0.15, -0.1) is 0 Å². The molecule has 0 aromatic heterocycles. The highest BCUT2D eigenvalue weighted by Crippen LogP contribution is 2.47. The van der Waals surface area contributed by atoms with Gasteiger partial charge < -0.3 is 5.73 Å². The molecular formula is C8H16N2. The standard InChI is InChI=1S/C8H16N2/c1-7(9)10-6-5-8(2)3-4-8/h3-6H2,1-2H3,(H2,9,10). The molecule has 0 amide bonds. The third-order valence-corrected chi connectivity index (χ3v) is 2.18. The second kappa shape index (κ2) is 2.60. The van der Waals surface area contributed by atoms with E-state index in [0.717, 1.165) is 6.54 Å². The molecule has 0 spiro atoms. The largest absolute Gasteiger partial charge is 0.388 e. The predicted molar refractivity (Wildman–Crippen MR) is 44.1 cm³/mol. The van der Waals surface area contributed by atoms with Crippen molar-refractivity contribution in [2.45, 2.75) is 33.1 Å². The number of rotatable bonds is 3. The van der Waals surface area contributed by atoms with E-state index in [0.29, 0.717) is 11.3 Å². The Balaban J connectivity index is 2.11. The second-order valence-corrected chi connectivity index (χ2v) is 3.58. The zero-order valence-corrected chi connectivity index (χ0v) is 6.85. The first kappa shape index (κ1) is 7.58. The van der Waals surface area contributed by atoms with Gasteiger partial charge >= 0.3 is 0 Å². The van der Waals surface area contributed by atoms with E-state index in [1.165, 1.54) is 19.3 Å². The second-order valence-electron chi connectivity index (χ2n) is 3.58. The van der Waals surface area contributed by atoms with Crippen molar-refractivity contribution in [2.24, 2.45) is 16.1 Å². The summed E-state index contributed by atoms with van der Waals surface area (Å²) in [6.45, 7) is 5.07. The number of hydrogen-bond donors (Lipinski definition) is 1. The Bertz CT molecular complexity index is 141. The van der Waals surface area contributed by atoms with Crippen molar-refractivity contribution < 1.29 is 0 Å². The molecule has 10 heavy (non-hydrogen) atoms. The van der Waals surface area contributed by atoms with Gasteiger partial charge in [0, 0.05) is 6.54 Å². The topological polar surface area (TPSA) is 38.4 Å². The third-order valence-electron chi connectivity index (χ3n) is 2.18. The summed E-state index contributed by atoms with van der Waals surface area (Å²) in [5.74, 6) is 0.712. The summed E-state index contributed by atoms with van der Waals surface area (Å²) in [5, 5.41) is 0. The summed E-state index contributed by atoms with van der Waals surface area (Å²) in [6, 6.07) is 0. The number of amidine groups is 1. The van der Waals surface area contributed by atoms with Crippen LogP contribution in [0.5, 0.6) is 0 Å². The first-order valence-corrected chi connectivity index (χ1v) is 3.89. The summed E-state index contributed by atoms with van der Waals surface area (Å²) in [6.07, 6.45) is 3.97. The lowest BCUT2D eigenvalue weighted by molar-refractivity contribution is 0.528. The molecule has 2 heteroatoms. The van der Waals surface area contributed by atoms with Crippen LogP contribution >= 0.6 is 0 Å². The molecule has 58 valence electrons. The SMILES string of the molecule is CC(N)=NCCC1(C)CC1. The molecule has 1 saturated carbocycles. The van der Waals surface area contributed by atoms with Gasteiger partial charge in [-0.1, -0.05) is 6.92 Å². The molecule has 1 aliphatic carbocycles. The molecule has 1 rings (SSSR count). The zero-order chi connectivity index (χ0) is 7.61. The number of nitrogens with two attached hydrogens (primary N) is 1. The highest BCUT2D eigenvalue weighted by Gasteiger charge is 2.36. The predicted octanol–water partition coefficient (Wildman–Crippen LogP) is 1.55. The molecule has 2 N–H and O–H groups in total. The lowest BCUT2D eigenvalue weighted by atomic mass is 10.1. The number of aliphatic imine (C=N–C) groups is 1. The van der Waals surface area contributed by atoms with Gasteiger partial charge in [-0.05, 0) is 31.6 Å². The minimum Gasteiger partial charge on any atom is -0.388 e. The van der Waals surface area contributed by atoms with E-state index in [1.54, 1.807) is 0 Å². The van der Waals surface area contributed by atoms with Crippen molar-refractivity contribution in [3.8, 4) is 0 Å². The molecule has 1 aliphatic rings. The van der Waals surface area contributed by atoms with E-state index < -0.39 is 0 Å². The van der Waals surface area contributed by atoms with Gasteiger partial charge in [0.15, 0.2) is 0 Å². The van der Waals surface area contributed by atoms with Crippen LogP contribution in [-0.2, 0) is 0 Å². The van der Waals surface area contributed by atoms with E-state index in [4.69, 9.17) is 5.73 Å². The molecule has 0 atom stereocenters. The molecule has 0 radical (unpaired) electrons. The Kier molecular flexibility index (Phi) is 1.97. The number of nitrogens with zero attached hydrogens (tertiary/aromatic N) is 1. The molecular weight excluding hydrogens is 124 g/mol. The zero-order valence-electron chi connectivity index (χ0n) is 6.85. The lowest BCUT2D eigenvalue weighted by Crippen LogP contribution is -2.07. The molecule has 0 unspecified atom stereocenters. The van der Waals surface area contributed by atoms with Crippen LogP contribution in [-0.4, -0.2) is 12.4 Å². The van der Waals surface area contributed by atoms with Gasteiger partial charge in [-0.2, -0.15) is 0 Å². The first-order chi connectivity index (χ1) is 4.62. The van der Waals surface area contributed by atoms with Crippen LogP contribution in [0.1, 0.15) is 33.1 Å². The van der Waals surface area contributed by atoms with Crippen molar-refractivity contribution in [3.63, 3.8) is 0 Å². The summed E-state index contributed by atoms with van der Waals surface area (Å²) >= 11 is 0.